The molecule has 2 fully saturated rings. The normalized spacial score (nSPS) is 21.2. The van der Waals surface area contributed by atoms with Gasteiger partial charge in [0.2, 0.25) is 0 Å². The van der Waals surface area contributed by atoms with E-state index in [9.17, 15) is 9.59 Å². The molecule has 2 heterocycles. The second kappa shape index (κ2) is 9.82. The second-order valence-corrected chi connectivity index (χ2v) is 9.19. The summed E-state index contributed by atoms with van der Waals surface area (Å²) in [6.07, 6.45) is 10.2. The molecule has 6 nitrogen and oxygen atoms in total. The summed E-state index contributed by atoms with van der Waals surface area (Å²) < 4.78 is 0. The summed E-state index contributed by atoms with van der Waals surface area (Å²) >= 11 is 0. The number of nitrogens with one attached hydrogen (secondary N) is 2. The number of carbonyl (C=O) groups is 2. The average molecular weight is 413 g/mol. The zero-order valence-electron chi connectivity index (χ0n) is 18.3. The van der Waals surface area contributed by atoms with Crippen LogP contribution in [0.2, 0.25) is 0 Å². The number of likely N-dealkylation sites (N-methyl/N-ethyl adjacent to an activating group) is 1. The fraction of sp³-hybridized carbons (Fsp3) is 0.667. The summed E-state index contributed by atoms with van der Waals surface area (Å²) in [5.74, 6) is -0.974. The number of carbonyl (C=O) groups excluding carboxylic acids is 2. The van der Waals surface area contributed by atoms with E-state index in [0.29, 0.717) is 6.54 Å². The van der Waals surface area contributed by atoms with Crippen LogP contribution >= 0.6 is 0 Å². The molecular formula is C24H36N4O2. The summed E-state index contributed by atoms with van der Waals surface area (Å²) in [4.78, 5) is 29.7. The first-order chi connectivity index (χ1) is 14.6. The Morgan fingerprint density at radius 3 is 2.50 bits per heavy atom. The van der Waals surface area contributed by atoms with E-state index in [1.807, 2.05) is 0 Å². The minimum Gasteiger partial charge on any atom is -0.374 e. The van der Waals surface area contributed by atoms with Crippen LogP contribution in [-0.4, -0.2) is 56.0 Å². The third-order valence-electron chi connectivity index (χ3n) is 7.05. The minimum absolute atomic E-state index is 0.118. The zero-order chi connectivity index (χ0) is 20.9. The lowest BCUT2D eigenvalue weighted by molar-refractivity contribution is -0.139. The topological polar surface area (TPSA) is 64.7 Å². The summed E-state index contributed by atoms with van der Waals surface area (Å²) in [6.45, 7) is 3.63. The third kappa shape index (κ3) is 4.97. The van der Waals surface area contributed by atoms with Crippen LogP contribution < -0.4 is 15.5 Å². The maximum atomic E-state index is 12.5. The number of amides is 2. The van der Waals surface area contributed by atoms with Gasteiger partial charge < -0.3 is 15.5 Å². The van der Waals surface area contributed by atoms with Crippen molar-refractivity contribution < 1.29 is 9.59 Å². The molecule has 1 aromatic rings. The van der Waals surface area contributed by atoms with Gasteiger partial charge in [-0.1, -0.05) is 37.8 Å². The Morgan fingerprint density at radius 1 is 1.00 bits per heavy atom. The van der Waals surface area contributed by atoms with Crippen LogP contribution in [0.3, 0.4) is 0 Å². The van der Waals surface area contributed by atoms with Gasteiger partial charge in [-0.25, -0.2) is 0 Å². The Bertz CT molecular complexity index is 754. The SMILES string of the molecule is CN1CCc2cc([C@@H](CNC(=O)C(=O)NC3CCCCC3)N3CCCCC3)ccc21. The molecule has 3 aliphatic rings. The van der Waals surface area contributed by atoms with E-state index < -0.39 is 11.8 Å². The Balaban J connectivity index is 1.41. The molecule has 2 aliphatic heterocycles. The maximum Gasteiger partial charge on any atom is 0.309 e. The number of piperidine rings is 1. The van der Waals surface area contributed by atoms with E-state index in [2.05, 4.69) is 45.7 Å². The molecule has 0 aromatic heterocycles. The van der Waals surface area contributed by atoms with E-state index in [1.54, 1.807) is 0 Å². The van der Waals surface area contributed by atoms with Gasteiger partial charge in [-0.2, -0.15) is 0 Å². The number of likely N-dealkylation sites (tertiary alicyclic amines) is 1. The van der Waals surface area contributed by atoms with Crippen LogP contribution in [0, 0.1) is 0 Å². The molecule has 2 amide bonds. The standard InChI is InChI=1S/C24H36N4O2/c1-27-15-12-19-16-18(10-11-21(19)27)22(28-13-6-3-7-14-28)17-25-23(29)24(30)26-20-8-4-2-5-9-20/h10-11,16,20,22H,2-9,12-15,17H2,1H3,(H,25,29)(H,26,30)/t22-/m1/s1. The van der Waals surface area contributed by atoms with Crippen LogP contribution in [0.25, 0.3) is 0 Å². The first kappa shape index (κ1) is 21.2. The lowest BCUT2D eigenvalue weighted by atomic mass is 9.95. The molecule has 0 spiro atoms. The van der Waals surface area contributed by atoms with Gasteiger partial charge in [-0.3, -0.25) is 14.5 Å². The van der Waals surface area contributed by atoms with Crippen molar-refractivity contribution in [1.29, 1.82) is 0 Å². The quantitative estimate of drug-likeness (QED) is 0.730. The molecule has 4 rings (SSSR count). The highest BCUT2D eigenvalue weighted by molar-refractivity contribution is 6.35. The third-order valence-corrected chi connectivity index (χ3v) is 7.05. The van der Waals surface area contributed by atoms with E-state index in [4.69, 9.17) is 0 Å². The molecule has 1 saturated heterocycles. The minimum atomic E-state index is -0.497. The van der Waals surface area contributed by atoms with Crippen LogP contribution in [0.15, 0.2) is 18.2 Å². The lowest BCUT2D eigenvalue weighted by Crippen LogP contribution is -2.47. The van der Waals surface area contributed by atoms with Crippen molar-refractivity contribution in [3.63, 3.8) is 0 Å². The van der Waals surface area contributed by atoms with Gasteiger partial charge in [0, 0.05) is 31.9 Å². The number of anilines is 1. The van der Waals surface area contributed by atoms with Gasteiger partial charge in [0.15, 0.2) is 0 Å². The zero-order valence-corrected chi connectivity index (χ0v) is 18.3. The van der Waals surface area contributed by atoms with Crippen LogP contribution in [-0.2, 0) is 16.0 Å². The van der Waals surface area contributed by atoms with Gasteiger partial charge in [0.05, 0.1) is 6.04 Å². The fourth-order valence-corrected chi connectivity index (χ4v) is 5.25. The van der Waals surface area contributed by atoms with Gasteiger partial charge in [0.1, 0.15) is 0 Å². The average Bonchev–Trinajstić information content (AvgIpc) is 3.15. The molecule has 6 heteroatoms. The monoisotopic (exact) mass is 412 g/mol. The second-order valence-electron chi connectivity index (χ2n) is 9.19. The van der Waals surface area contributed by atoms with Crippen molar-refractivity contribution in [1.82, 2.24) is 15.5 Å². The molecule has 30 heavy (non-hydrogen) atoms. The Hall–Kier alpha value is -2.08. The smallest absolute Gasteiger partial charge is 0.309 e. The predicted molar refractivity (Wildman–Crippen MR) is 120 cm³/mol. The first-order valence-electron chi connectivity index (χ1n) is 11.8. The summed E-state index contributed by atoms with van der Waals surface area (Å²) in [5, 5.41) is 5.87. The molecule has 0 unspecified atom stereocenters. The first-order valence-corrected chi connectivity index (χ1v) is 11.8. The Kier molecular flexibility index (Phi) is 6.93. The van der Waals surface area contributed by atoms with Gasteiger partial charge in [-0.05, 0) is 62.4 Å². The van der Waals surface area contributed by atoms with Crippen LogP contribution in [0.1, 0.15) is 68.5 Å². The number of fused-ring (bicyclic) bond motifs is 1. The highest BCUT2D eigenvalue weighted by Crippen LogP contribution is 2.32. The van der Waals surface area contributed by atoms with E-state index in [1.165, 1.54) is 42.5 Å². The number of rotatable bonds is 5. The van der Waals surface area contributed by atoms with Crippen molar-refractivity contribution in [3.05, 3.63) is 29.3 Å². The van der Waals surface area contributed by atoms with Gasteiger partial charge in [0.25, 0.3) is 0 Å². The van der Waals surface area contributed by atoms with Gasteiger partial charge in [-0.15, -0.1) is 0 Å². The summed E-state index contributed by atoms with van der Waals surface area (Å²) in [6, 6.07) is 7.00. The number of hydrogen-bond acceptors (Lipinski definition) is 4. The maximum absolute atomic E-state index is 12.5. The largest absolute Gasteiger partial charge is 0.374 e. The molecule has 1 aliphatic carbocycles. The Morgan fingerprint density at radius 2 is 1.73 bits per heavy atom. The number of benzene rings is 1. The summed E-state index contributed by atoms with van der Waals surface area (Å²) in [5.41, 5.74) is 3.95. The van der Waals surface area contributed by atoms with E-state index in [-0.39, 0.29) is 12.1 Å². The molecule has 1 saturated carbocycles. The number of hydrogen-bond donors (Lipinski definition) is 2. The summed E-state index contributed by atoms with van der Waals surface area (Å²) in [7, 11) is 2.14. The lowest BCUT2D eigenvalue weighted by Gasteiger charge is -2.35. The molecule has 1 atom stereocenters. The van der Waals surface area contributed by atoms with E-state index >= 15 is 0 Å². The molecule has 2 N–H and O–H groups in total. The number of nitrogens with zero attached hydrogens (tertiary/aromatic N) is 2. The fourth-order valence-electron chi connectivity index (χ4n) is 5.25. The molecule has 1 aromatic carbocycles. The molecule has 0 bridgehead atoms. The molecule has 0 radical (unpaired) electrons. The van der Waals surface area contributed by atoms with Crippen molar-refractivity contribution in [3.8, 4) is 0 Å². The van der Waals surface area contributed by atoms with Crippen molar-refractivity contribution in [2.75, 3.05) is 38.1 Å². The van der Waals surface area contributed by atoms with Crippen molar-refractivity contribution in [2.45, 2.75) is 69.9 Å². The predicted octanol–water partition coefficient (Wildman–Crippen LogP) is 2.77. The van der Waals surface area contributed by atoms with Gasteiger partial charge >= 0.3 is 11.8 Å². The van der Waals surface area contributed by atoms with E-state index in [0.717, 1.165) is 51.7 Å². The highest BCUT2D eigenvalue weighted by Gasteiger charge is 2.27. The molecule has 164 valence electrons. The van der Waals surface area contributed by atoms with Crippen LogP contribution in [0.5, 0.6) is 0 Å². The van der Waals surface area contributed by atoms with Crippen molar-refractivity contribution >= 4 is 17.5 Å². The molecular weight excluding hydrogens is 376 g/mol. The Labute approximate surface area is 180 Å². The van der Waals surface area contributed by atoms with Crippen LogP contribution in [0.4, 0.5) is 5.69 Å². The van der Waals surface area contributed by atoms with Crippen molar-refractivity contribution in [2.24, 2.45) is 0 Å². The highest BCUT2D eigenvalue weighted by atomic mass is 16.2.